The van der Waals surface area contributed by atoms with Gasteiger partial charge in [-0.25, -0.2) is 8.78 Å². The number of carbonyl (C=O) groups is 2. The van der Waals surface area contributed by atoms with Gasteiger partial charge in [-0.3, -0.25) is 14.6 Å². The highest BCUT2D eigenvalue weighted by Crippen LogP contribution is 2.31. The van der Waals surface area contributed by atoms with Crippen molar-refractivity contribution in [3.05, 3.63) is 36.0 Å². The Hall–Kier alpha value is -3.36. The van der Waals surface area contributed by atoms with E-state index in [1.54, 1.807) is 24.3 Å². The van der Waals surface area contributed by atoms with E-state index in [0.29, 0.717) is 28.2 Å². The Morgan fingerprint density at radius 3 is 2.91 bits per heavy atom. The molecule has 0 saturated carbocycles. The Kier molecular flexibility index (Phi) is 6.91. The van der Waals surface area contributed by atoms with Gasteiger partial charge in [0.25, 0.3) is 11.8 Å². The summed E-state index contributed by atoms with van der Waals surface area (Å²) in [6.45, 7) is 1.19. The average Bonchev–Trinajstić information content (AvgIpc) is 3.20. The van der Waals surface area contributed by atoms with E-state index in [9.17, 15) is 18.4 Å². The summed E-state index contributed by atoms with van der Waals surface area (Å²) in [5.41, 5.74) is 0.493. The second-order valence-electron chi connectivity index (χ2n) is 8.55. The van der Waals surface area contributed by atoms with Gasteiger partial charge in [-0.05, 0) is 30.7 Å². The first-order chi connectivity index (χ1) is 17.6. The smallest absolute Gasteiger partial charge is 0.268 e. The Bertz CT molecular complexity index is 1200. The zero-order valence-electron chi connectivity index (χ0n) is 21.1. The number of likely N-dealkylation sites (tertiary alicyclic amines) is 1. The van der Waals surface area contributed by atoms with Crippen LogP contribution in [0.5, 0.6) is 5.75 Å². The van der Waals surface area contributed by atoms with Crippen LogP contribution in [-0.4, -0.2) is 90.9 Å². The summed E-state index contributed by atoms with van der Waals surface area (Å²) in [6, 6.07) is 6.49. The third-order valence-electron chi connectivity index (χ3n) is 6.02. The summed E-state index contributed by atoms with van der Waals surface area (Å²) in [5, 5.41) is 14.8. The maximum absolute atomic E-state index is 13.7. The SMILES string of the molecule is [2H]C([2H])(NC(=O)c1ccnc2ccc(OCCCN3CCNCC3)cc12)C(=O)N1CC(F)(F)C[C@H]1C#N. The number of fused-ring (bicyclic) bond motifs is 1. The van der Waals surface area contributed by atoms with Gasteiger partial charge in [0.1, 0.15) is 11.8 Å². The molecule has 0 bridgehead atoms. The van der Waals surface area contributed by atoms with Crippen LogP contribution in [0.1, 0.15) is 25.9 Å². The second kappa shape index (κ2) is 10.9. The van der Waals surface area contributed by atoms with Gasteiger partial charge in [-0.15, -0.1) is 0 Å². The van der Waals surface area contributed by atoms with Gasteiger partial charge in [0.2, 0.25) is 5.91 Å². The molecule has 0 radical (unpaired) electrons. The summed E-state index contributed by atoms with van der Waals surface area (Å²) >= 11 is 0. The summed E-state index contributed by atoms with van der Waals surface area (Å²) in [7, 11) is 0. The standard InChI is InChI=1S/C24H28F2N6O3/c25-24(26)13-17(14-27)32(16-24)22(33)15-30-23(34)19-4-5-29-21-3-2-18(12-20(19)21)35-11-1-8-31-9-6-28-7-10-31/h2-5,12,17,28H,1,6-11,13,15-16H2,(H,30,34)/t17-/m0/s1/i15D2. The van der Waals surface area contributed by atoms with Crippen LogP contribution in [0.15, 0.2) is 30.5 Å². The topological polar surface area (TPSA) is 111 Å². The lowest BCUT2D eigenvalue weighted by molar-refractivity contribution is -0.131. The number of rotatable bonds is 8. The van der Waals surface area contributed by atoms with Crippen molar-refractivity contribution < 1.29 is 25.8 Å². The van der Waals surface area contributed by atoms with Crippen LogP contribution >= 0.6 is 0 Å². The lowest BCUT2D eigenvalue weighted by Gasteiger charge is -2.26. The fourth-order valence-electron chi connectivity index (χ4n) is 4.22. The van der Waals surface area contributed by atoms with Crippen LogP contribution in [0.3, 0.4) is 0 Å². The molecule has 2 fully saturated rings. The van der Waals surface area contributed by atoms with E-state index in [2.05, 4.69) is 15.2 Å². The predicted molar refractivity (Wildman–Crippen MR) is 124 cm³/mol. The fraction of sp³-hybridized carbons (Fsp3) is 0.500. The predicted octanol–water partition coefficient (Wildman–Crippen LogP) is 1.40. The van der Waals surface area contributed by atoms with Crippen LogP contribution in [0.4, 0.5) is 8.78 Å². The molecule has 2 saturated heterocycles. The molecule has 2 aromatic rings. The number of ether oxygens (including phenoxy) is 1. The zero-order valence-corrected chi connectivity index (χ0v) is 19.1. The van der Waals surface area contributed by atoms with E-state index < -0.39 is 43.2 Å². The zero-order chi connectivity index (χ0) is 26.6. The summed E-state index contributed by atoms with van der Waals surface area (Å²) < 4.78 is 49.5. The monoisotopic (exact) mass is 488 g/mol. The van der Waals surface area contributed by atoms with Crippen molar-refractivity contribution in [3.8, 4) is 11.8 Å². The maximum Gasteiger partial charge on any atom is 0.268 e. The van der Waals surface area contributed by atoms with Crippen molar-refractivity contribution in [1.82, 2.24) is 25.4 Å². The van der Waals surface area contributed by atoms with Gasteiger partial charge in [0.15, 0.2) is 0 Å². The van der Waals surface area contributed by atoms with Crippen molar-refractivity contribution in [1.29, 1.82) is 5.26 Å². The highest BCUT2D eigenvalue weighted by atomic mass is 19.3. The highest BCUT2D eigenvalue weighted by Gasteiger charge is 2.47. The maximum atomic E-state index is 13.7. The van der Waals surface area contributed by atoms with Gasteiger partial charge >= 0.3 is 0 Å². The summed E-state index contributed by atoms with van der Waals surface area (Å²) in [6.07, 6.45) is 1.31. The molecular weight excluding hydrogens is 458 g/mol. The molecule has 0 aliphatic carbocycles. The molecule has 2 N–H and O–H groups in total. The minimum absolute atomic E-state index is 0.0385. The largest absolute Gasteiger partial charge is 0.494 e. The van der Waals surface area contributed by atoms with Gasteiger partial charge in [-0.1, -0.05) is 0 Å². The number of piperazine rings is 1. The number of nitrogens with zero attached hydrogens (tertiary/aromatic N) is 4. The number of hydrogen-bond donors (Lipinski definition) is 2. The van der Waals surface area contributed by atoms with Crippen LogP contribution in [0, 0.1) is 11.3 Å². The summed E-state index contributed by atoms with van der Waals surface area (Å²) in [4.78, 5) is 32.7. The number of nitrogens with one attached hydrogen (secondary N) is 2. The van der Waals surface area contributed by atoms with Gasteiger partial charge in [-0.2, -0.15) is 5.26 Å². The van der Waals surface area contributed by atoms with Crippen LogP contribution in [-0.2, 0) is 4.79 Å². The molecule has 0 spiro atoms. The summed E-state index contributed by atoms with van der Waals surface area (Å²) in [5.74, 6) is -5.14. The minimum Gasteiger partial charge on any atom is -0.494 e. The first kappa shape index (κ1) is 22.1. The van der Waals surface area contributed by atoms with Crippen LogP contribution in [0.25, 0.3) is 10.9 Å². The number of carbonyl (C=O) groups excluding carboxylic acids is 2. The molecule has 2 aliphatic rings. The Morgan fingerprint density at radius 2 is 2.14 bits per heavy atom. The lowest BCUT2D eigenvalue weighted by Crippen LogP contribution is -2.43. The average molecular weight is 489 g/mol. The molecule has 3 heterocycles. The second-order valence-corrected chi connectivity index (χ2v) is 8.55. The third-order valence-corrected chi connectivity index (χ3v) is 6.02. The number of amides is 2. The fourth-order valence-corrected chi connectivity index (χ4v) is 4.22. The third kappa shape index (κ3) is 6.21. The Labute approximate surface area is 204 Å². The molecule has 2 amide bonds. The molecule has 4 rings (SSSR count). The first-order valence-corrected chi connectivity index (χ1v) is 11.5. The normalized spacial score (nSPS) is 21.2. The number of nitriles is 1. The molecule has 186 valence electrons. The van der Waals surface area contributed by atoms with E-state index in [1.165, 1.54) is 12.3 Å². The minimum atomic E-state index is -3.31. The van der Waals surface area contributed by atoms with Crippen LogP contribution < -0.4 is 15.4 Å². The van der Waals surface area contributed by atoms with Gasteiger partial charge in [0.05, 0.1) is 39.5 Å². The van der Waals surface area contributed by atoms with Crippen molar-refractivity contribution in [2.75, 3.05) is 52.4 Å². The van der Waals surface area contributed by atoms with Crippen LogP contribution in [0.2, 0.25) is 0 Å². The molecule has 1 atom stereocenters. The van der Waals surface area contributed by atoms with Crippen molar-refractivity contribution in [2.45, 2.75) is 24.8 Å². The number of aromatic nitrogens is 1. The molecule has 9 nitrogen and oxygen atoms in total. The molecule has 2 aliphatic heterocycles. The lowest BCUT2D eigenvalue weighted by atomic mass is 10.1. The van der Waals surface area contributed by atoms with E-state index in [4.69, 9.17) is 12.7 Å². The quantitative estimate of drug-likeness (QED) is 0.541. The molecule has 11 heteroatoms. The molecule has 1 aromatic carbocycles. The van der Waals surface area contributed by atoms with Crippen molar-refractivity contribution >= 4 is 22.7 Å². The number of alkyl halides is 2. The van der Waals surface area contributed by atoms with E-state index in [1.807, 2.05) is 5.32 Å². The molecule has 1 aromatic heterocycles. The van der Waals surface area contributed by atoms with E-state index >= 15 is 0 Å². The van der Waals surface area contributed by atoms with Gasteiger partial charge < -0.3 is 25.2 Å². The number of pyridine rings is 1. The first-order valence-electron chi connectivity index (χ1n) is 12.5. The Morgan fingerprint density at radius 1 is 1.34 bits per heavy atom. The Balaban J connectivity index is 1.44. The molecule has 35 heavy (non-hydrogen) atoms. The van der Waals surface area contributed by atoms with Crippen molar-refractivity contribution in [3.63, 3.8) is 0 Å². The number of halogens is 2. The number of benzene rings is 1. The van der Waals surface area contributed by atoms with E-state index in [-0.39, 0.29) is 5.56 Å². The van der Waals surface area contributed by atoms with E-state index in [0.717, 1.165) is 39.1 Å². The number of hydrogen-bond acceptors (Lipinski definition) is 7. The molecule has 0 unspecified atom stereocenters. The van der Waals surface area contributed by atoms with Gasteiger partial charge in [0, 0.05) is 50.7 Å². The molecular formula is C24H28F2N6O3. The highest BCUT2D eigenvalue weighted by molar-refractivity contribution is 6.07. The van der Waals surface area contributed by atoms with Crippen molar-refractivity contribution in [2.24, 2.45) is 0 Å².